The molecule has 1 atom stereocenters. The van der Waals surface area contributed by atoms with E-state index in [2.05, 4.69) is 9.55 Å². The van der Waals surface area contributed by atoms with Crippen LogP contribution in [0.15, 0.2) is 42.7 Å². The molecule has 0 bridgehead atoms. The number of benzene rings is 1. The second-order valence-electron chi connectivity index (χ2n) is 6.75. The number of pyridine rings is 1. The average molecular weight is 350 g/mol. The Kier molecular flexibility index (Phi) is 4.32. The van der Waals surface area contributed by atoms with Gasteiger partial charge in [-0.05, 0) is 30.2 Å². The molecule has 4 rings (SSSR count). The van der Waals surface area contributed by atoms with Crippen LogP contribution in [0, 0.1) is 0 Å². The van der Waals surface area contributed by atoms with Crippen molar-refractivity contribution in [3.05, 3.63) is 54.1 Å². The molecule has 3 aromatic rings. The lowest BCUT2D eigenvalue weighted by molar-refractivity contribution is -0.129. The number of hydrogen-bond acceptors (Lipinski definition) is 4. The molecule has 1 aliphatic rings. The summed E-state index contributed by atoms with van der Waals surface area (Å²) < 4.78 is 7.34. The van der Waals surface area contributed by atoms with E-state index in [0.717, 1.165) is 41.1 Å². The number of carbonyl (C=O) groups is 1. The second-order valence-corrected chi connectivity index (χ2v) is 6.75. The lowest BCUT2D eigenvalue weighted by atomic mass is 10.1. The minimum Gasteiger partial charge on any atom is -0.497 e. The first-order chi connectivity index (χ1) is 12.7. The van der Waals surface area contributed by atoms with Crippen molar-refractivity contribution in [3.63, 3.8) is 0 Å². The summed E-state index contributed by atoms with van der Waals surface area (Å²) in [6.07, 6.45) is 4.94. The monoisotopic (exact) mass is 350 g/mol. The zero-order valence-electron chi connectivity index (χ0n) is 15.1. The fourth-order valence-electron chi connectivity index (χ4n) is 3.69. The number of fused-ring (bicyclic) bond motifs is 1. The van der Waals surface area contributed by atoms with Crippen LogP contribution in [0.4, 0.5) is 0 Å². The Bertz CT molecular complexity index is 950. The SMILES string of the molecule is COc1cccc(CC(=O)N2CCC(c3nc4ccncc4n3C)C2)c1. The highest BCUT2D eigenvalue weighted by atomic mass is 16.5. The number of amides is 1. The Hall–Kier alpha value is -2.89. The molecule has 0 aliphatic carbocycles. The van der Waals surface area contributed by atoms with Gasteiger partial charge in [0, 0.05) is 32.3 Å². The molecule has 6 nitrogen and oxygen atoms in total. The van der Waals surface area contributed by atoms with Gasteiger partial charge >= 0.3 is 0 Å². The minimum atomic E-state index is 0.154. The Morgan fingerprint density at radius 2 is 2.23 bits per heavy atom. The summed E-state index contributed by atoms with van der Waals surface area (Å²) in [5.74, 6) is 2.23. The second kappa shape index (κ2) is 6.78. The molecule has 1 amide bonds. The maximum absolute atomic E-state index is 12.7. The van der Waals surface area contributed by atoms with Gasteiger partial charge in [-0.2, -0.15) is 0 Å². The molecule has 0 N–H and O–H groups in total. The molecule has 3 heterocycles. The first-order valence-corrected chi connectivity index (χ1v) is 8.82. The zero-order chi connectivity index (χ0) is 18.1. The molecule has 1 aromatic carbocycles. The maximum Gasteiger partial charge on any atom is 0.227 e. The number of rotatable bonds is 4. The fraction of sp³-hybridized carbons (Fsp3) is 0.350. The number of methoxy groups -OCH3 is 1. The maximum atomic E-state index is 12.7. The van der Waals surface area contributed by atoms with Gasteiger partial charge in [-0.25, -0.2) is 4.98 Å². The van der Waals surface area contributed by atoms with Gasteiger partial charge in [-0.15, -0.1) is 0 Å². The van der Waals surface area contributed by atoms with Crippen LogP contribution >= 0.6 is 0 Å². The molecule has 1 unspecified atom stereocenters. The number of hydrogen-bond donors (Lipinski definition) is 0. The number of carbonyl (C=O) groups excluding carboxylic acids is 1. The molecule has 1 fully saturated rings. The van der Waals surface area contributed by atoms with Crippen LogP contribution < -0.4 is 4.74 Å². The molecule has 0 spiro atoms. The standard InChI is InChI=1S/C20H22N4O2/c1-23-18-12-21-8-6-17(18)22-20(23)15-7-9-24(13-15)19(25)11-14-4-3-5-16(10-14)26-2/h3-6,8,10,12,15H,7,9,11,13H2,1-2H3. The predicted octanol–water partition coefficient (Wildman–Crippen LogP) is 2.54. The molecule has 26 heavy (non-hydrogen) atoms. The molecule has 6 heteroatoms. The van der Waals surface area contributed by atoms with Crippen molar-refractivity contribution in [2.45, 2.75) is 18.8 Å². The highest BCUT2D eigenvalue weighted by Crippen LogP contribution is 2.29. The van der Waals surface area contributed by atoms with Gasteiger partial charge in [0.05, 0.1) is 30.8 Å². The first-order valence-electron chi connectivity index (χ1n) is 8.82. The van der Waals surface area contributed by atoms with E-state index in [9.17, 15) is 4.79 Å². The summed E-state index contributed by atoms with van der Waals surface area (Å²) in [4.78, 5) is 23.6. The summed E-state index contributed by atoms with van der Waals surface area (Å²) in [6.45, 7) is 1.49. The summed E-state index contributed by atoms with van der Waals surface area (Å²) >= 11 is 0. The number of aryl methyl sites for hydroxylation is 1. The van der Waals surface area contributed by atoms with E-state index in [1.807, 2.05) is 48.5 Å². The summed E-state index contributed by atoms with van der Waals surface area (Å²) in [5, 5.41) is 0. The van der Waals surface area contributed by atoms with E-state index < -0.39 is 0 Å². The largest absolute Gasteiger partial charge is 0.497 e. The van der Waals surface area contributed by atoms with Crippen LogP contribution in [0.2, 0.25) is 0 Å². The first kappa shape index (κ1) is 16.6. The van der Waals surface area contributed by atoms with E-state index in [-0.39, 0.29) is 11.8 Å². The Morgan fingerprint density at radius 1 is 1.35 bits per heavy atom. The van der Waals surface area contributed by atoms with Gasteiger partial charge in [0.15, 0.2) is 0 Å². The average Bonchev–Trinajstić information content (AvgIpc) is 3.27. The van der Waals surface area contributed by atoms with Crippen molar-refractivity contribution in [1.29, 1.82) is 0 Å². The molecular weight excluding hydrogens is 328 g/mol. The fourth-order valence-corrected chi connectivity index (χ4v) is 3.69. The van der Waals surface area contributed by atoms with Gasteiger partial charge in [-0.3, -0.25) is 9.78 Å². The number of likely N-dealkylation sites (tertiary alicyclic amines) is 1. The highest BCUT2D eigenvalue weighted by Gasteiger charge is 2.30. The van der Waals surface area contributed by atoms with E-state index in [1.165, 1.54) is 0 Å². The molecule has 1 saturated heterocycles. The Morgan fingerprint density at radius 3 is 3.04 bits per heavy atom. The van der Waals surface area contributed by atoms with Crippen molar-refractivity contribution in [2.75, 3.05) is 20.2 Å². The molecule has 0 saturated carbocycles. The van der Waals surface area contributed by atoms with Crippen LogP contribution in [-0.4, -0.2) is 45.5 Å². The van der Waals surface area contributed by atoms with Gasteiger partial charge in [0.1, 0.15) is 11.6 Å². The molecular formula is C20H22N4O2. The van der Waals surface area contributed by atoms with Gasteiger partial charge in [-0.1, -0.05) is 12.1 Å². The predicted molar refractivity (Wildman–Crippen MR) is 99.1 cm³/mol. The highest BCUT2D eigenvalue weighted by molar-refractivity contribution is 5.79. The van der Waals surface area contributed by atoms with Crippen molar-refractivity contribution in [2.24, 2.45) is 7.05 Å². The van der Waals surface area contributed by atoms with Crippen LogP contribution in [0.5, 0.6) is 5.75 Å². The van der Waals surface area contributed by atoms with Gasteiger partial charge in [0.2, 0.25) is 5.91 Å². The van der Waals surface area contributed by atoms with E-state index in [1.54, 1.807) is 13.3 Å². The van der Waals surface area contributed by atoms with Crippen molar-refractivity contribution < 1.29 is 9.53 Å². The quantitative estimate of drug-likeness (QED) is 0.725. The molecule has 2 aromatic heterocycles. The third-order valence-corrected chi connectivity index (χ3v) is 5.11. The zero-order valence-corrected chi connectivity index (χ0v) is 15.1. The Labute approximate surface area is 152 Å². The smallest absolute Gasteiger partial charge is 0.227 e. The number of ether oxygens (including phenoxy) is 1. The summed E-state index contributed by atoms with van der Waals surface area (Å²) in [5.41, 5.74) is 2.97. The van der Waals surface area contributed by atoms with E-state index >= 15 is 0 Å². The van der Waals surface area contributed by atoms with E-state index in [0.29, 0.717) is 13.0 Å². The van der Waals surface area contributed by atoms with Crippen LogP contribution in [0.3, 0.4) is 0 Å². The van der Waals surface area contributed by atoms with Crippen molar-refractivity contribution >= 4 is 16.9 Å². The van der Waals surface area contributed by atoms with Crippen molar-refractivity contribution in [1.82, 2.24) is 19.4 Å². The third-order valence-electron chi connectivity index (χ3n) is 5.11. The normalized spacial score (nSPS) is 17.0. The third kappa shape index (κ3) is 3.03. The summed E-state index contributed by atoms with van der Waals surface area (Å²) in [7, 11) is 3.66. The number of aromatic nitrogens is 3. The minimum absolute atomic E-state index is 0.154. The molecule has 0 radical (unpaired) electrons. The molecule has 134 valence electrons. The van der Waals surface area contributed by atoms with Crippen molar-refractivity contribution in [3.8, 4) is 5.75 Å². The van der Waals surface area contributed by atoms with E-state index in [4.69, 9.17) is 9.72 Å². The van der Waals surface area contributed by atoms with Crippen LogP contribution in [-0.2, 0) is 18.3 Å². The lowest BCUT2D eigenvalue weighted by Gasteiger charge is -2.17. The Balaban J connectivity index is 1.47. The molecule has 1 aliphatic heterocycles. The van der Waals surface area contributed by atoms with Crippen LogP contribution in [0.1, 0.15) is 23.7 Å². The van der Waals surface area contributed by atoms with Gasteiger partial charge in [0.25, 0.3) is 0 Å². The number of nitrogens with zero attached hydrogens (tertiary/aromatic N) is 4. The summed E-state index contributed by atoms with van der Waals surface area (Å²) in [6, 6.07) is 9.62. The topological polar surface area (TPSA) is 60.2 Å². The lowest BCUT2D eigenvalue weighted by Crippen LogP contribution is -2.30. The van der Waals surface area contributed by atoms with Gasteiger partial charge < -0.3 is 14.2 Å². The number of imidazole rings is 1. The van der Waals surface area contributed by atoms with Crippen LogP contribution in [0.25, 0.3) is 11.0 Å².